The van der Waals surface area contributed by atoms with Crippen molar-refractivity contribution in [2.24, 2.45) is 11.7 Å². The van der Waals surface area contributed by atoms with Gasteiger partial charge in [0, 0.05) is 6.04 Å². The number of nitrogens with two attached hydrogens (primary N) is 1. The molecule has 1 atom stereocenters. The summed E-state index contributed by atoms with van der Waals surface area (Å²) in [4.78, 5) is 0. The van der Waals surface area contributed by atoms with Crippen LogP contribution in [0.1, 0.15) is 30.9 Å². The molecular weight excluding hydrogens is 278 g/mol. The van der Waals surface area contributed by atoms with E-state index in [0.717, 1.165) is 0 Å². The standard InChI is InChI=1S/C19H19N.ClH/c20-19(13-7-5-8-13)18-12-14-6-1-2-9-15(14)16-10-3-4-11-17(16)18;/h1-4,6,9-13,19H,5,7-8,20H2;1H/t19-;/m0./s1. The Hall–Kier alpha value is -1.57. The highest BCUT2D eigenvalue weighted by molar-refractivity contribution is 6.09. The van der Waals surface area contributed by atoms with Crippen LogP contribution < -0.4 is 5.73 Å². The van der Waals surface area contributed by atoms with Gasteiger partial charge >= 0.3 is 0 Å². The fraction of sp³-hybridized carbons (Fsp3) is 0.263. The molecule has 108 valence electrons. The molecule has 0 aromatic heterocycles. The van der Waals surface area contributed by atoms with Gasteiger partial charge in [0.25, 0.3) is 0 Å². The second-order valence-electron chi connectivity index (χ2n) is 5.95. The van der Waals surface area contributed by atoms with Crippen LogP contribution in [0.5, 0.6) is 0 Å². The van der Waals surface area contributed by atoms with Gasteiger partial charge < -0.3 is 5.73 Å². The Bertz CT molecular complexity index is 777. The lowest BCUT2D eigenvalue weighted by Gasteiger charge is -2.32. The monoisotopic (exact) mass is 297 g/mol. The molecule has 3 aromatic carbocycles. The van der Waals surface area contributed by atoms with Crippen molar-refractivity contribution in [1.29, 1.82) is 0 Å². The van der Waals surface area contributed by atoms with Gasteiger partial charge in [0.1, 0.15) is 0 Å². The van der Waals surface area contributed by atoms with Crippen molar-refractivity contribution in [3.63, 3.8) is 0 Å². The van der Waals surface area contributed by atoms with E-state index in [9.17, 15) is 0 Å². The topological polar surface area (TPSA) is 26.0 Å². The minimum Gasteiger partial charge on any atom is -0.324 e. The molecule has 21 heavy (non-hydrogen) atoms. The molecule has 0 unspecified atom stereocenters. The van der Waals surface area contributed by atoms with E-state index >= 15 is 0 Å². The molecule has 0 bridgehead atoms. The summed E-state index contributed by atoms with van der Waals surface area (Å²) in [6.07, 6.45) is 3.90. The molecule has 1 aliphatic carbocycles. The minimum atomic E-state index is 0. The molecule has 0 spiro atoms. The predicted molar refractivity (Wildman–Crippen MR) is 93.0 cm³/mol. The molecule has 0 radical (unpaired) electrons. The fourth-order valence-electron chi connectivity index (χ4n) is 3.41. The SMILES string of the molecule is Cl.N[C@H](c1cc2ccccc2c2ccccc12)C1CCC1. The largest absolute Gasteiger partial charge is 0.324 e. The Balaban J connectivity index is 0.00000132. The molecule has 1 aliphatic rings. The number of benzene rings is 3. The number of hydrogen-bond donors (Lipinski definition) is 1. The quantitative estimate of drug-likeness (QED) is 0.645. The highest BCUT2D eigenvalue weighted by Gasteiger charge is 2.26. The van der Waals surface area contributed by atoms with Crippen molar-refractivity contribution in [3.8, 4) is 0 Å². The molecule has 4 rings (SSSR count). The smallest absolute Gasteiger partial charge is 0.0329 e. The lowest BCUT2D eigenvalue weighted by molar-refractivity contribution is 0.265. The zero-order chi connectivity index (χ0) is 13.5. The molecule has 0 aliphatic heterocycles. The molecular formula is C19H20ClN. The molecule has 2 heteroatoms. The van der Waals surface area contributed by atoms with Gasteiger partial charge in [-0.15, -0.1) is 12.4 Å². The van der Waals surface area contributed by atoms with Gasteiger partial charge in [-0.25, -0.2) is 0 Å². The molecule has 1 fully saturated rings. The second-order valence-corrected chi connectivity index (χ2v) is 5.95. The average molecular weight is 298 g/mol. The van der Waals surface area contributed by atoms with Crippen LogP contribution in [0.2, 0.25) is 0 Å². The number of fused-ring (bicyclic) bond motifs is 3. The van der Waals surface area contributed by atoms with E-state index < -0.39 is 0 Å². The average Bonchev–Trinajstić information content (AvgIpc) is 2.44. The third-order valence-electron chi connectivity index (χ3n) is 4.82. The van der Waals surface area contributed by atoms with E-state index in [2.05, 4.69) is 54.6 Å². The van der Waals surface area contributed by atoms with Crippen LogP contribution >= 0.6 is 12.4 Å². The Morgan fingerprint density at radius 1 is 0.857 bits per heavy atom. The van der Waals surface area contributed by atoms with E-state index in [-0.39, 0.29) is 18.4 Å². The van der Waals surface area contributed by atoms with Crippen molar-refractivity contribution in [2.75, 3.05) is 0 Å². The maximum absolute atomic E-state index is 6.56. The minimum absolute atomic E-state index is 0. The van der Waals surface area contributed by atoms with Gasteiger partial charge in [-0.05, 0) is 51.9 Å². The fourth-order valence-corrected chi connectivity index (χ4v) is 3.41. The Labute approximate surface area is 131 Å². The zero-order valence-corrected chi connectivity index (χ0v) is 12.8. The molecule has 1 saturated carbocycles. The number of halogens is 1. The van der Waals surface area contributed by atoms with E-state index in [4.69, 9.17) is 5.73 Å². The van der Waals surface area contributed by atoms with Crippen molar-refractivity contribution in [3.05, 3.63) is 60.2 Å². The van der Waals surface area contributed by atoms with Crippen LogP contribution in [-0.4, -0.2) is 0 Å². The lowest BCUT2D eigenvalue weighted by Crippen LogP contribution is -2.27. The van der Waals surface area contributed by atoms with E-state index in [1.165, 1.54) is 46.4 Å². The van der Waals surface area contributed by atoms with Crippen LogP contribution in [0, 0.1) is 5.92 Å². The van der Waals surface area contributed by atoms with Gasteiger partial charge in [-0.2, -0.15) is 0 Å². The number of hydrogen-bond acceptors (Lipinski definition) is 1. The lowest BCUT2D eigenvalue weighted by atomic mass is 9.76. The number of rotatable bonds is 2. The summed E-state index contributed by atoms with van der Waals surface area (Å²) in [6, 6.07) is 19.8. The van der Waals surface area contributed by atoms with Crippen molar-refractivity contribution >= 4 is 34.0 Å². The van der Waals surface area contributed by atoms with E-state index in [1.807, 2.05) is 0 Å². The van der Waals surface area contributed by atoms with Crippen molar-refractivity contribution in [1.82, 2.24) is 0 Å². The molecule has 1 nitrogen and oxygen atoms in total. The van der Waals surface area contributed by atoms with E-state index in [1.54, 1.807) is 0 Å². The van der Waals surface area contributed by atoms with Crippen molar-refractivity contribution in [2.45, 2.75) is 25.3 Å². The molecule has 0 heterocycles. The summed E-state index contributed by atoms with van der Waals surface area (Å²) in [5.41, 5.74) is 7.88. The first-order chi connectivity index (χ1) is 9.84. The summed E-state index contributed by atoms with van der Waals surface area (Å²) in [5.74, 6) is 0.666. The molecule has 0 amide bonds. The summed E-state index contributed by atoms with van der Waals surface area (Å²) in [7, 11) is 0. The highest BCUT2D eigenvalue weighted by atomic mass is 35.5. The zero-order valence-electron chi connectivity index (χ0n) is 12.0. The normalized spacial score (nSPS) is 16.4. The first-order valence-electron chi connectivity index (χ1n) is 7.50. The molecule has 2 N–H and O–H groups in total. The molecule has 0 saturated heterocycles. The second kappa shape index (κ2) is 5.67. The summed E-state index contributed by atoms with van der Waals surface area (Å²) in [5, 5.41) is 5.28. The van der Waals surface area contributed by atoms with Crippen LogP contribution in [0.25, 0.3) is 21.5 Å². The summed E-state index contributed by atoms with van der Waals surface area (Å²) >= 11 is 0. The Morgan fingerprint density at radius 2 is 1.48 bits per heavy atom. The van der Waals surface area contributed by atoms with Crippen molar-refractivity contribution < 1.29 is 0 Å². The van der Waals surface area contributed by atoms with Crippen LogP contribution in [-0.2, 0) is 0 Å². The van der Waals surface area contributed by atoms with E-state index in [0.29, 0.717) is 5.92 Å². The van der Waals surface area contributed by atoms with Gasteiger partial charge in [0.2, 0.25) is 0 Å². The summed E-state index contributed by atoms with van der Waals surface area (Å²) in [6.45, 7) is 0. The first kappa shape index (κ1) is 14.4. The summed E-state index contributed by atoms with van der Waals surface area (Å²) < 4.78 is 0. The third kappa shape index (κ3) is 2.31. The van der Waals surface area contributed by atoms with Crippen LogP contribution in [0.4, 0.5) is 0 Å². The van der Waals surface area contributed by atoms with Gasteiger partial charge in [-0.3, -0.25) is 0 Å². The Morgan fingerprint density at radius 3 is 2.14 bits per heavy atom. The third-order valence-corrected chi connectivity index (χ3v) is 4.82. The van der Waals surface area contributed by atoms with Crippen LogP contribution in [0.3, 0.4) is 0 Å². The predicted octanol–water partition coefficient (Wildman–Crippen LogP) is 5.21. The molecule has 3 aromatic rings. The van der Waals surface area contributed by atoms with Crippen LogP contribution in [0.15, 0.2) is 54.6 Å². The highest BCUT2D eigenvalue weighted by Crippen LogP contribution is 2.40. The van der Waals surface area contributed by atoms with Gasteiger partial charge in [0.05, 0.1) is 0 Å². The van der Waals surface area contributed by atoms with Gasteiger partial charge in [-0.1, -0.05) is 55.0 Å². The first-order valence-corrected chi connectivity index (χ1v) is 7.50. The maximum atomic E-state index is 6.56. The van der Waals surface area contributed by atoms with Gasteiger partial charge in [0.15, 0.2) is 0 Å². The Kier molecular flexibility index (Phi) is 3.88. The maximum Gasteiger partial charge on any atom is 0.0329 e.